The van der Waals surface area contributed by atoms with Crippen LogP contribution in [0.5, 0.6) is 5.75 Å². The van der Waals surface area contributed by atoms with Gasteiger partial charge in [0.2, 0.25) is 5.91 Å². The summed E-state index contributed by atoms with van der Waals surface area (Å²) in [6.07, 6.45) is 0. The molecule has 4 heteroatoms. The van der Waals surface area contributed by atoms with Crippen LogP contribution in [0.2, 0.25) is 0 Å². The van der Waals surface area contributed by atoms with E-state index in [-0.39, 0.29) is 5.91 Å². The molecule has 1 amide bonds. The van der Waals surface area contributed by atoms with Gasteiger partial charge in [0, 0.05) is 45.2 Å². The van der Waals surface area contributed by atoms with Crippen molar-refractivity contribution in [3.63, 3.8) is 0 Å². The van der Waals surface area contributed by atoms with Crippen molar-refractivity contribution in [3.05, 3.63) is 29.8 Å². The highest BCUT2D eigenvalue weighted by Crippen LogP contribution is 2.18. The summed E-state index contributed by atoms with van der Waals surface area (Å²) in [7, 11) is 0. The number of carbonyl (C=O) groups excluding carboxylic acids is 1. The molecule has 0 bridgehead atoms. The van der Waals surface area contributed by atoms with Crippen LogP contribution < -0.4 is 0 Å². The number of hydrogen-bond acceptors (Lipinski definition) is 3. The van der Waals surface area contributed by atoms with E-state index in [1.807, 2.05) is 23.1 Å². The number of para-hydroxylation sites is 1. The van der Waals surface area contributed by atoms with Gasteiger partial charge < -0.3 is 10.0 Å². The maximum atomic E-state index is 11.2. The molecule has 1 saturated heterocycles. The van der Waals surface area contributed by atoms with Crippen LogP contribution in [-0.2, 0) is 11.3 Å². The third-order valence-corrected chi connectivity index (χ3v) is 3.20. The lowest BCUT2D eigenvalue weighted by molar-refractivity contribution is -0.130. The van der Waals surface area contributed by atoms with E-state index in [0.717, 1.165) is 38.3 Å². The van der Waals surface area contributed by atoms with Crippen molar-refractivity contribution in [1.29, 1.82) is 0 Å². The number of rotatable bonds is 2. The predicted octanol–water partition coefficient (Wildman–Crippen LogP) is 1.06. The summed E-state index contributed by atoms with van der Waals surface area (Å²) in [4.78, 5) is 15.3. The Morgan fingerprint density at radius 1 is 1.24 bits per heavy atom. The van der Waals surface area contributed by atoms with E-state index < -0.39 is 0 Å². The Bertz CT molecular complexity index is 398. The Morgan fingerprint density at radius 2 is 1.88 bits per heavy atom. The molecule has 1 aliphatic rings. The first kappa shape index (κ1) is 11.9. The summed E-state index contributed by atoms with van der Waals surface area (Å²) in [5.74, 6) is 0.494. The van der Waals surface area contributed by atoms with Crippen molar-refractivity contribution in [3.8, 4) is 5.75 Å². The van der Waals surface area contributed by atoms with Gasteiger partial charge in [-0.2, -0.15) is 0 Å². The minimum Gasteiger partial charge on any atom is -0.508 e. The third kappa shape index (κ3) is 2.97. The van der Waals surface area contributed by atoms with E-state index in [1.165, 1.54) is 0 Å². The minimum atomic E-state index is 0.146. The monoisotopic (exact) mass is 234 g/mol. The SMILES string of the molecule is CC(=O)N1CCN(Cc2ccccc2O)CC1. The summed E-state index contributed by atoms with van der Waals surface area (Å²) < 4.78 is 0. The summed E-state index contributed by atoms with van der Waals surface area (Å²) in [6, 6.07) is 7.40. The normalized spacial score (nSPS) is 17.1. The highest BCUT2D eigenvalue weighted by molar-refractivity contribution is 5.73. The lowest BCUT2D eigenvalue weighted by Crippen LogP contribution is -2.47. The second kappa shape index (κ2) is 5.19. The zero-order valence-corrected chi connectivity index (χ0v) is 10.1. The largest absolute Gasteiger partial charge is 0.508 e. The average molecular weight is 234 g/mol. The molecule has 0 atom stereocenters. The van der Waals surface area contributed by atoms with E-state index >= 15 is 0 Å². The smallest absolute Gasteiger partial charge is 0.219 e. The highest BCUT2D eigenvalue weighted by Gasteiger charge is 2.18. The number of aromatic hydroxyl groups is 1. The van der Waals surface area contributed by atoms with E-state index in [2.05, 4.69) is 4.90 Å². The van der Waals surface area contributed by atoms with E-state index in [1.54, 1.807) is 13.0 Å². The second-order valence-electron chi connectivity index (χ2n) is 4.41. The molecule has 1 N–H and O–H groups in total. The molecular weight excluding hydrogens is 216 g/mol. The zero-order chi connectivity index (χ0) is 12.3. The molecule has 0 radical (unpaired) electrons. The quantitative estimate of drug-likeness (QED) is 0.832. The number of phenols is 1. The Morgan fingerprint density at radius 3 is 2.47 bits per heavy atom. The molecule has 2 rings (SSSR count). The third-order valence-electron chi connectivity index (χ3n) is 3.20. The van der Waals surface area contributed by atoms with Crippen molar-refractivity contribution in [2.45, 2.75) is 13.5 Å². The molecular formula is C13H18N2O2. The molecule has 1 heterocycles. The fraction of sp³-hybridized carbons (Fsp3) is 0.462. The van der Waals surface area contributed by atoms with Crippen molar-refractivity contribution in [1.82, 2.24) is 9.80 Å². The van der Waals surface area contributed by atoms with Crippen LogP contribution in [0.25, 0.3) is 0 Å². The number of carbonyl (C=O) groups is 1. The van der Waals surface area contributed by atoms with Crippen molar-refractivity contribution < 1.29 is 9.90 Å². The predicted molar refractivity (Wildman–Crippen MR) is 65.6 cm³/mol. The highest BCUT2D eigenvalue weighted by atomic mass is 16.3. The van der Waals surface area contributed by atoms with Gasteiger partial charge in [0.15, 0.2) is 0 Å². The maximum Gasteiger partial charge on any atom is 0.219 e. The van der Waals surface area contributed by atoms with Gasteiger partial charge in [-0.15, -0.1) is 0 Å². The summed E-state index contributed by atoms with van der Waals surface area (Å²) in [6.45, 7) is 5.66. The topological polar surface area (TPSA) is 43.8 Å². The Kier molecular flexibility index (Phi) is 3.64. The van der Waals surface area contributed by atoms with Gasteiger partial charge in [-0.1, -0.05) is 18.2 Å². The molecule has 0 aliphatic carbocycles. The summed E-state index contributed by atoms with van der Waals surface area (Å²) >= 11 is 0. The standard InChI is InChI=1S/C13H18N2O2/c1-11(16)15-8-6-14(7-9-15)10-12-4-2-3-5-13(12)17/h2-5,17H,6-10H2,1H3. The minimum absolute atomic E-state index is 0.146. The molecule has 1 fully saturated rings. The molecule has 1 aliphatic heterocycles. The molecule has 4 nitrogen and oxygen atoms in total. The number of phenolic OH excluding ortho intramolecular Hbond substituents is 1. The first-order chi connectivity index (χ1) is 8.16. The fourth-order valence-corrected chi connectivity index (χ4v) is 2.11. The average Bonchev–Trinajstić information content (AvgIpc) is 2.33. The van der Waals surface area contributed by atoms with Gasteiger partial charge in [0.05, 0.1) is 0 Å². The van der Waals surface area contributed by atoms with Gasteiger partial charge in [0.1, 0.15) is 5.75 Å². The molecule has 0 aromatic heterocycles. The van der Waals surface area contributed by atoms with E-state index in [0.29, 0.717) is 5.75 Å². The first-order valence-electron chi connectivity index (χ1n) is 5.91. The molecule has 0 spiro atoms. The van der Waals surface area contributed by atoms with Crippen LogP contribution >= 0.6 is 0 Å². The van der Waals surface area contributed by atoms with Crippen molar-refractivity contribution in [2.24, 2.45) is 0 Å². The van der Waals surface area contributed by atoms with Gasteiger partial charge in [-0.25, -0.2) is 0 Å². The van der Waals surface area contributed by atoms with Crippen molar-refractivity contribution >= 4 is 5.91 Å². The maximum absolute atomic E-state index is 11.2. The summed E-state index contributed by atoms with van der Waals surface area (Å²) in [5.41, 5.74) is 0.948. The number of hydrogen-bond donors (Lipinski definition) is 1. The molecule has 1 aromatic rings. The molecule has 17 heavy (non-hydrogen) atoms. The van der Waals surface area contributed by atoms with Crippen LogP contribution in [0, 0.1) is 0 Å². The number of amides is 1. The molecule has 0 saturated carbocycles. The van der Waals surface area contributed by atoms with Crippen LogP contribution in [0.4, 0.5) is 0 Å². The van der Waals surface area contributed by atoms with Crippen LogP contribution in [-0.4, -0.2) is 47.0 Å². The van der Waals surface area contributed by atoms with Gasteiger partial charge in [0.25, 0.3) is 0 Å². The Balaban J connectivity index is 1.90. The Labute approximate surface area is 101 Å². The van der Waals surface area contributed by atoms with Gasteiger partial charge in [-0.05, 0) is 6.07 Å². The van der Waals surface area contributed by atoms with Crippen LogP contribution in [0.3, 0.4) is 0 Å². The fourth-order valence-electron chi connectivity index (χ4n) is 2.11. The van der Waals surface area contributed by atoms with Gasteiger partial charge in [-0.3, -0.25) is 9.69 Å². The molecule has 1 aromatic carbocycles. The lowest BCUT2D eigenvalue weighted by Gasteiger charge is -2.34. The van der Waals surface area contributed by atoms with Crippen LogP contribution in [0.1, 0.15) is 12.5 Å². The first-order valence-corrected chi connectivity index (χ1v) is 5.91. The lowest BCUT2D eigenvalue weighted by atomic mass is 10.1. The van der Waals surface area contributed by atoms with E-state index in [9.17, 15) is 9.90 Å². The number of benzene rings is 1. The summed E-state index contributed by atoms with van der Waals surface area (Å²) in [5, 5.41) is 9.69. The number of piperazine rings is 1. The second-order valence-corrected chi connectivity index (χ2v) is 4.41. The van der Waals surface area contributed by atoms with Gasteiger partial charge >= 0.3 is 0 Å². The molecule has 0 unspecified atom stereocenters. The molecule has 92 valence electrons. The number of nitrogens with zero attached hydrogens (tertiary/aromatic N) is 2. The Hall–Kier alpha value is -1.55. The van der Waals surface area contributed by atoms with Crippen LogP contribution in [0.15, 0.2) is 24.3 Å². The van der Waals surface area contributed by atoms with E-state index in [4.69, 9.17) is 0 Å². The zero-order valence-electron chi connectivity index (χ0n) is 10.1. The van der Waals surface area contributed by atoms with Crippen molar-refractivity contribution in [2.75, 3.05) is 26.2 Å².